The van der Waals surface area contributed by atoms with E-state index in [-0.39, 0.29) is 6.04 Å². The van der Waals surface area contributed by atoms with Crippen LogP contribution in [0, 0.1) is 5.92 Å². The average molecular weight is 251 g/mol. The standard InChI is InChI=1S/C15H25NO2/c1-5-12(6-2)10-18-14-8-7-13(11(3)16)9-15(14)17-4/h7-9,11-12H,5-6,10,16H2,1-4H3. The summed E-state index contributed by atoms with van der Waals surface area (Å²) >= 11 is 0. The summed E-state index contributed by atoms with van der Waals surface area (Å²) in [4.78, 5) is 0. The third-order valence-electron chi connectivity index (χ3n) is 3.34. The van der Waals surface area contributed by atoms with Crippen molar-refractivity contribution in [2.75, 3.05) is 13.7 Å². The summed E-state index contributed by atoms with van der Waals surface area (Å²) in [7, 11) is 1.66. The van der Waals surface area contributed by atoms with E-state index in [2.05, 4.69) is 13.8 Å². The molecular weight excluding hydrogens is 226 g/mol. The van der Waals surface area contributed by atoms with Crippen LogP contribution in [0.4, 0.5) is 0 Å². The van der Waals surface area contributed by atoms with E-state index in [1.165, 1.54) is 0 Å². The molecule has 1 rings (SSSR count). The van der Waals surface area contributed by atoms with Crippen molar-refractivity contribution >= 4 is 0 Å². The molecular formula is C15H25NO2. The molecule has 1 aromatic rings. The predicted molar refractivity (Wildman–Crippen MR) is 75.2 cm³/mol. The smallest absolute Gasteiger partial charge is 0.161 e. The highest BCUT2D eigenvalue weighted by atomic mass is 16.5. The van der Waals surface area contributed by atoms with Gasteiger partial charge in [0.15, 0.2) is 11.5 Å². The second-order valence-electron chi connectivity index (χ2n) is 4.69. The topological polar surface area (TPSA) is 44.5 Å². The van der Waals surface area contributed by atoms with Gasteiger partial charge >= 0.3 is 0 Å². The van der Waals surface area contributed by atoms with E-state index in [0.29, 0.717) is 5.92 Å². The lowest BCUT2D eigenvalue weighted by Gasteiger charge is -2.17. The Morgan fingerprint density at radius 2 is 1.83 bits per heavy atom. The normalized spacial score (nSPS) is 12.6. The van der Waals surface area contributed by atoms with Crippen LogP contribution in [0.1, 0.15) is 45.2 Å². The van der Waals surface area contributed by atoms with Crippen LogP contribution in [0.2, 0.25) is 0 Å². The zero-order chi connectivity index (χ0) is 13.5. The predicted octanol–water partition coefficient (Wildman–Crippen LogP) is 3.53. The van der Waals surface area contributed by atoms with Gasteiger partial charge in [-0.25, -0.2) is 0 Å². The first kappa shape index (κ1) is 14.8. The van der Waals surface area contributed by atoms with Crippen molar-refractivity contribution in [2.45, 2.75) is 39.7 Å². The van der Waals surface area contributed by atoms with Gasteiger partial charge in [-0.2, -0.15) is 0 Å². The molecule has 102 valence electrons. The molecule has 2 N–H and O–H groups in total. The van der Waals surface area contributed by atoms with Gasteiger partial charge in [0.1, 0.15) is 0 Å². The molecule has 3 nitrogen and oxygen atoms in total. The fourth-order valence-corrected chi connectivity index (χ4v) is 1.82. The number of hydrogen-bond donors (Lipinski definition) is 1. The number of ether oxygens (including phenoxy) is 2. The molecule has 0 heterocycles. The fourth-order valence-electron chi connectivity index (χ4n) is 1.82. The zero-order valence-electron chi connectivity index (χ0n) is 11.9. The van der Waals surface area contributed by atoms with Gasteiger partial charge < -0.3 is 15.2 Å². The molecule has 0 aromatic heterocycles. The Labute approximate surface area is 110 Å². The summed E-state index contributed by atoms with van der Waals surface area (Å²) in [5, 5.41) is 0. The molecule has 0 bridgehead atoms. The summed E-state index contributed by atoms with van der Waals surface area (Å²) in [5.74, 6) is 2.16. The van der Waals surface area contributed by atoms with Gasteiger partial charge in [0.2, 0.25) is 0 Å². The molecule has 0 fully saturated rings. The maximum Gasteiger partial charge on any atom is 0.161 e. The molecule has 1 aromatic carbocycles. The van der Waals surface area contributed by atoms with E-state index in [0.717, 1.165) is 36.5 Å². The lowest BCUT2D eigenvalue weighted by atomic mass is 10.1. The highest BCUT2D eigenvalue weighted by Gasteiger charge is 2.10. The van der Waals surface area contributed by atoms with E-state index < -0.39 is 0 Å². The van der Waals surface area contributed by atoms with Crippen LogP contribution in [0.25, 0.3) is 0 Å². The largest absolute Gasteiger partial charge is 0.493 e. The first-order chi connectivity index (χ1) is 8.62. The molecule has 0 saturated heterocycles. The van der Waals surface area contributed by atoms with Crippen molar-refractivity contribution in [1.82, 2.24) is 0 Å². The second-order valence-corrected chi connectivity index (χ2v) is 4.69. The summed E-state index contributed by atoms with van der Waals surface area (Å²) in [6.07, 6.45) is 2.27. The third-order valence-corrected chi connectivity index (χ3v) is 3.34. The number of hydrogen-bond acceptors (Lipinski definition) is 3. The Bertz CT molecular complexity index is 360. The average Bonchev–Trinajstić information content (AvgIpc) is 2.39. The van der Waals surface area contributed by atoms with Crippen molar-refractivity contribution in [3.63, 3.8) is 0 Å². The number of rotatable bonds is 7. The highest BCUT2D eigenvalue weighted by molar-refractivity contribution is 5.43. The van der Waals surface area contributed by atoms with Crippen LogP contribution in [-0.4, -0.2) is 13.7 Å². The minimum Gasteiger partial charge on any atom is -0.493 e. The van der Waals surface area contributed by atoms with Crippen molar-refractivity contribution in [1.29, 1.82) is 0 Å². The Kier molecular flexibility index (Phi) is 5.99. The maximum absolute atomic E-state index is 5.86. The van der Waals surface area contributed by atoms with Gasteiger partial charge in [0.05, 0.1) is 13.7 Å². The third kappa shape index (κ3) is 3.91. The number of benzene rings is 1. The first-order valence-electron chi connectivity index (χ1n) is 6.68. The summed E-state index contributed by atoms with van der Waals surface area (Å²) in [6.45, 7) is 7.07. The maximum atomic E-state index is 5.86. The van der Waals surface area contributed by atoms with E-state index in [4.69, 9.17) is 15.2 Å². The summed E-state index contributed by atoms with van der Waals surface area (Å²) < 4.78 is 11.2. The van der Waals surface area contributed by atoms with Crippen molar-refractivity contribution < 1.29 is 9.47 Å². The van der Waals surface area contributed by atoms with Gasteiger partial charge in [-0.15, -0.1) is 0 Å². The van der Waals surface area contributed by atoms with Gasteiger partial charge in [0, 0.05) is 6.04 Å². The van der Waals surface area contributed by atoms with Gasteiger partial charge in [-0.1, -0.05) is 32.8 Å². The number of methoxy groups -OCH3 is 1. The first-order valence-corrected chi connectivity index (χ1v) is 6.68. The van der Waals surface area contributed by atoms with Gasteiger partial charge in [0.25, 0.3) is 0 Å². The monoisotopic (exact) mass is 251 g/mol. The van der Waals surface area contributed by atoms with Crippen LogP contribution in [0.3, 0.4) is 0 Å². The molecule has 0 saturated carbocycles. The Hall–Kier alpha value is -1.22. The van der Waals surface area contributed by atoms with Gasteiger partial charge in [-0.05, 0) is 30.5 Å². The fraction of sp³-hybridized carbons (Fsp3) is 0.600. The quantitative estimate of drug-likeness (QED) is 0.806. The Morgan fingerprint density at radius 1 is 1.17 bits per heavy atom. The van der Waals surface area contributed by atoms with Crippen molar-refractivity contribution in [3.05, 3.63) is 23.8 Å². The van der Waals surface area contributed by atoms with E-state index in [1.54, 1.807) is 7.11 Å². The minimum absolute atomic E-state index is 0.00646. The second kappa shape index (κ2) is 7.27. The van der Waals surface area contributed by atoms with Gasteiger partial charge in [-0.3, -0.25) is 0 Å². The van der Waals surface area contributed by atoms with Crippen LogP contribution in [0.15, 0.2) is 18.2 Å². The van der Waals surface area contributed by atoms with Crippen molar-refractivity contribution in [2.24, 2.45) is 11.7 Å². The molecule has 0 aliphatic carbocycles. The summed E-state index contributed by atoms with van der Waals surface area (Å²) in [6, 6.07) is 5.90. The number of nitrogens with two attached hydrogens (primary N) is 1. The molecule has 1 unspecified atom stereocenters. The Morgan fingerprint density at radius 3 is 2.33 bits per heavy atom. The van der Waals surface area contributed by atoms with Crippen LogP contribution in [0.5, 0.6) is 11.5 Å². The molecule has 18 heavy (non-hydrogen) atoms. The SMILES string of the molecule is CCC(CC)COc1ccc(C(C)N)cc1OC. The van der Waals surface area contributed by atoms with Crippen LogP contribution >= 0.6 is 0 Å². The summed E-state index contributed by atoms with van der Waals surface area (Å²) in [5.41, 5.74) is 6.91. The molecule has 0 radical (unpaired) electrons. The Balaban J connectivity index is 2.76. The van der Waals surface area contributed by atoms with Crippen LogP contribution < -0.4 is 15.2 Å². The van der Waals surface area contributed by atoms with E-state index in [9.17, 15) is 0 Å². The minimum atomic E-state index is 0.00646. The molecule has 3 heteroatoms. The van der Waals surface area contributed by atoms with E-state index in [1.807, 2.05) is 25.1 Å². The van der Waals surface area contributed by atoms with Crippen molar-refractivity contribution in [3.8, 4) is 11.5 Å². The molecule has 0 spiro atoms. The lowest BCUT2D eigenvalue weighted by molar-refractivity contribution is 0.230. The molecule has 0 amide bonds. The molecule has 1 atom stereocenters. The van der Waals surface area contributed by atoms with Crippen LogP contribution in [-0.2, 0) is 0 Å². The lowest BCUT2D eigenvalue weighted by Crippen LogP contribution is -2.11. The zero-order valence-corrected chi connectivity index (χ0v) is 11.9. The molecule has 0 aliphatic heterocycles. The molecule has 0 aliphatic rings. The highest BCUT2D eigenvalue weighted by Crippen LogP contribution is 2.30. The van der Waals surface area contributed by atoms with E-state index >= 15 is 0 Å².